The van der Waals surface area contributed by atoms with E-state index in [2.05, 4.69) is 19.2 Å². The van der Waals surface area contributed by atoms with E-state index >= 15 is 0 Å². The van der Waals surface area contributed by atoms with E-state index in [4.69, 9.17) is 0 Å². The van der Waals surface area contributed by atoms with Crippen molar-refractivity contribution in [1.82, 2.24) is 4.98 Å². The predicted molar refractivity (Wildman–Crippen MR) is 87.9 cm³/mol. The number of aromatic nitrogens is 1. The van der Waals surface area contributed by atoms with E-state index in [-0.39, 0.29) is 5.13 Å². The van der Waals surface area contributed by atoms with E-state index in [9.17, 15) is 26.4 Å². The lowest BCUT2D eigenvalue weighted by Crippen LogP contribution is -2.28. The van der Waals surface area contributed by atoms with Crippen LogP contribution in [0.2, 0.25) is 0 Å². The van der Waals surface area contributed by atoms with Crippen LogP contribution in [0, 0.1) is 0 Å². The zero-order valence-corrected chi connectivity index (χ0v) is 15.0. The average molecular weight is 410 g/mol. The van der Waals surface area contributed by atoms with Gasteiger partial charge >= 0.3 is 21.6 Å². The molecule has 1 N–H and O–H groups in total. The summed E-state index contributed by atoms with van der Waals surface area (Å²) < 4.78 is 67.3. The molecular formula is C14H13F3N2O5S2. The largest absolute Gasteiger partial charge is 0.534 e. The molecule has 1 heterocycles. The first-order chi connectivity index (χ1) is 12.0. The Balaban J connectivity index is 2.06. The highest BCUT2D eigenvalue weighted by molar-refractivity contribution is 7.88. The molecule has 0 saturated carbocycles. The highest BCUT2D eigenvalue weighted by atomic mass is 32.2. The van der Waals surface area contributed by atoms with Gasteiger partial charge in [0.25, 0.3) is 0 Å². The van der Waals surface area contributed by atoms with Gasteiger partial charge < -0.3 is 14.2 Å². The fourth-order valence-electron chi connectivity index (χ4n) is 1.81. The smallest absolute Gasteiger partial charge is 0.469 e. The Bertz CT molecular complexity index is 879. The lowest BCUT2D eigenvalue weighted by Gasteiger charge is -2.10. The number of esters is 1. The van der Waals surface area contributed by atoms with Crippen LogP contribution in [-0.4, -0.2) is 32.0 Å². The van der Waals surface area contributed by atoms with Crippen LogP contribution in [0.3, 0.4) is 0 Å². The molecule has 1 aromatic carbocycles. The van der Waals surface area contributed by atoms with Crippen LogP contribution in [0.1, 0.15) is 18.4 Å². The molecule has 2 rings (SSSR count). The van der Waals surface area contributed by atoms with Crippen LogP contribution in [-0.2, 0) is 19.6 Å². The molecule has 0 bridgehead atoms. The van der Waals surface area contributed by atoms with Crippen LogP contribution >= 0.6 is 11.3 Å². The van der Waals surface area contributed by atoms with Crippen molar-refractivity contribution in [2.75, 3.05) is 12.4 Å². The molecule has 7 nitrogen and oxygen atoms in total. The first-order valence-electron chi connectivity index (χ1n) is 6.94. The normalized spacial score (nSPS) is 13.1. The van der Waals surface area contributed by atoms with E-state index in [1.807, 2.05) is 0 Å². The van der Waals surface area contributed by atoms with Gasteiger partial charge in [0.05, 0.1) is 18.4 Å². The summed E-state index contributed by atoms with van der Waals surface area (Å²) in [5.41, 5.74) is -4.29. The van der Waals surface area contributed by atoms with Crippen molar-refractivity contribution < 1.29 is 35.3 Å². The number of carbonyl (C=O) groups excluding carboxylic acids is 1. The minimum absolute atomic E-state index is 0.131. The van der Waals surface area contributed by atoms with Gasteiger partial charge in [-0.2, -0.15) is 26.6 Å². The second-order valence-electron chi connectivity index (χ2n) is 4.97. The zero-order valence-electron chi connectivity index (χ0n) is 13.4. The molecule has 0 amide bonds. The number of thiazole rings is 1. The molecule has 0 aliphatic heterocycles. The van der Waals surface area contributed by atoms with Crippen molar-refractivity contribution in [3.63, 3.8) is 0 Å². The molecule has 1 aromatic heterocycles. The number of carbonyl (C=O) groups is 1. The molecule has 1 atom stereocenters. The fraction of sp³-hybridized carbons (Fsp3) is 0.286. The van der Waals surface area contributed by atoms with Crippen molar-refractivity contribution in [1.29, 1.82) is 0 Å². The number of alkyl halides is 3. The summed E-state index contributed by atoms with van der Waals surface area (Å²) in [7, 11) is -4.48. The second kappa shape index (κ2) is 7.50. The average Bonchev–Trinajstić information content (AvgIpc) is 2.99. The van der Waals surface area contributed by atoms with Gasteiger partial charge in [0, 0.05) is 5.69 Å². The summed E-state index contributed by atoms with van der Waals surface area (Å²) in [6.07, 6.45) is 0. The maximum atomic E-state index is 12.3. The van der Waals surface area contributed by atoms with Gasteiger partial charge in [-0.05, 0) is 24.6 Å². The number of halogens is 3. The van der Waals surface area contributed by atoms with E-state index in [1.165, 1.54) is 7.11 Å². The Morgan fingerprint density at radius 2 is 1.88 bits per heavy atom. The summed E-state index contributed by atoms with van der Waals surface area (Å²) in [5, 5.41) is 3.95. The topological polar surface area (TPSA) is 94.6 Å². The SMILES string of the molecule is COC(=O)[C@@H](C)c1ccc(Nc2nc(OS(=O)(=O)C(F)(F)F)cs2)cc1. The van der Waals surface area contributed by atoms with Gasteiger partial charge in [-0.1, -0.05) is 12.1 Å². The number of anilines is 2. The van der Waals surface area contributed by atoms with E-state index in [1.54, 1.807) is 31.2 Å². The maximum absolute atomic E-state index is 12.3. The third-order valence-corrected chi connectivity index (χ3v) is 4.87. The van der Waals surface area contributed by atoms with Gasteiger partial charge in [-0.15, -0.1) is 11.3 Å². The van der Waals surface area contributed by atoms with Crippen molar-refractivity contribution in [3.05, 3.63) is 35.2 Å². The number of ether oxygens (including phenoxy) is 1. The maximum Gasteiger partial charge on any atom is 0.534 e. The van der Waals surface area contributed by atoms with Crippen LogP contribution in [0.15, 0.2) is 29.6 Å². The molecule has 0 unspecified atom stereocenters. The van der Waals surface area contributed by atoms with Crippen LogP contribution < -0.4 is 9.50 Å². The highest BCUT2D eigenvalue weighted by Crippen LogP contribution is 2.30. The minimum atomic E-state index is -5.76. The molecule has 26 heavy (non-hydrogen) atoms. The number of benzene rings is 1. The molecule has 0 spiro atoms. The van der Waals surface area contributed by atoms with E-state index < -0.39 is 33.4 Å². The summed E-state index contributed by atoms with van der Waals surface area (Å²) in [6.45, 7) is 1.68. The Kier molecular flexibility index (Phi) is 5.76. The van der Waals surface area contributed by atoms with Crippen molar-refractivity contribution in [2.24, 2.45) is 0 Å². The molecule has 0 fully saturated rings. The van der Waals surface area contributed by atoms with Gasteiger partial charge in [0.2, 0.25) is 5.88 Å². The Morgan fingerprint density at radius 1 is 1.27 bits per heavy atom. The molecule has 0 radical (unpaired) electrons. The zero-order chi connectivity index (χ0) is 19.5. The Labute approximate surface area is 150 Å². The van der Waals surface area contributed by atoms with Crippen molar-refractivity contribution >= 4 is 38.2 Å². The predicted octanol–water partition coefficient (Wildman–Crippen LogP) is 3.39. The number of hydrogen-bond acceptors (Lipinski definition) is 8. The van der Waals surface area contributed by atoms with Crippen LogP contribution in [0.4, 0.5) is 24.0 Å². The molecule has 0 aliphatic carbocycles. The van der Waals surface area contributed by atoms with Crippen molar-refractivity contribution in [3.8, 4) is 5.88 Å². The van der Waals surface area contributed by atoms with Gasteiger partial charge in [-0.25, -0.2) is 0 Å². The molecule has 0 aliphatic rings. The summed E-state index contributed by atoms with van der Waals surface area (Å²) in [4.78, 5) is 15.1. The van der Waals surface area contributed by atoms with E-state index in [0.29, 0.717) is 11.3 Å². The summed E-state index contributed by atoms with van der Waals surface area (Å²) in [5.74, 6) is -1.54. The first kappa shape index (κ1) is 20.0. The lowest BCUT2D eigenvalue weighted by molar-refractivity contribution is -0.142. The molecule has 142 valence electrons. The third kappa shape index (κ3) is 4.64. The molecule has 0 saturated heterocycles. The van der Waals surface area contributed by atoms with Crippen LogP contribution in [0.5, 0.6) is 5.88 Å². The highest BCUT2D eigenvalue weighted by Gasteiger charge is 2.49. The van der Waals surface area contributed by atoms with E-state index in [0.717, 1.165) is 16.7 Å². The van der Waals surface area contributed by atoms with Gasteiger partial charge in [0.1, 0.15) is 0 Å². The molecular weight excluding hydrogens is 397 g/mol. The quantitative estimate of drug-likeness (QED) is 0.443. The van der Waals surface area contributed by atoms with Gasteiger partial charge in [0.15, 0.2) is 5.13 Å². The Hall–Kier alpha value is -2.34. The fourth-order valence-corrected chi connectivity index (χ4v) is 2.90. The number of hydrogen-bond donors (Lipinski definition) is 1. The minimum Gasteiger partial charge on any atom is -0.469 e. The standard InChI is InChI=1S/C14H13F3N2O5S2/c1-8(12(20)23-2)9-3-5-10(6-4-9)18-13-19-11(7-25-13)24-26(21,22)14(15,16)17/h3-8H,1-2H3,(H,18,19)/t8-/m0/s1. The van der Waals surface area contributed by atoms with Crippen LogP contribution in [0.25, 0.3) is 0 Å². The monoisotopic (exact) mass is 410 g/mol. The second-order valence-corrected chi connectivity index (χ2v) is 7.36. The summed E-state index contributed by atoms with van der Waals surface area (Å²) in [6, 6.07) is 6.60. The summed E-state index contributed by atoms with van der Waals surface area (Å²) >= 11 is 0.862. The third-order valence-electron chi connectivity index (χ3n) is 3.18. The lowest BCUT2D eigenvalue weighted by atomic mass is 10.0. The Morgan fingerprint density at radius 3 is 2.42 bits per heavy atom. The number of nitrogens with one attached hydrogen (secondary N) is 1. The number of rotatable bonds is 6. The molecule has 2 aromatic rings. The first-order valence-corrected chi connectivity index (χ1v) is 9.23. The van der Waals surface area contributed by atoms with Crippen molar-refractivity contribution in [2.45, 2.75) is 18.3 Å². The number of methoxy groups -OCH3 is 1. The molecule has 12 heteroatoms. The number of nitrogens with zero attached hydrogens (tertiary/aromatic N) is 1. The van der Waals surface area contributed by atoms with Gasteiger partial charge in [-0.3, -0.25) is 4.79 Å².